The Labute approximate surface area is 124 Å². The molecule has 0 saturated carbocycles. The summed E-state index contributed by atoms with van der Waals surface area (Å²) in [6.07, 6.45) is 0. The normalized spacial score (nSPS) is 10.0. The van der Waals surface area contributed by atoms with Gasteiger partial charge in [0.1, 0.15) is 12.4 Å². The molecule has 0 spiro atoms. The molecule has 0 aliphatic rings. The first-order chi connectivity index (χ1) is 10.2. The average Bonchev–Trinajstić information content (AvgIpc) is 2.53. The van der Waals surface area contributed by atoms with Crippen LogP contribution in [0.1, 0.15) is 5.56 Å². The zero-order valence-electron chi connectivity index (χ0n) is 12.4. The molecule has 21 heavy (non-hydrogen) atoms. The highest BCUT2D eigenvalue weighted by Gasteiger charge is 2.13. The average molecular weight is 289 g/mol. The Morgan fingerprint density at radius 1 is 0.857 bits per heavy atom. The van der Waals surface area contributed by atoms with Crippen LogP contribution in [0, 0.1) is 0 Å². The molecule has 0 amide bonds. The molecule has 5 nitrogen and oxygen atoms in total. The summed E-state index contributed by atoms with van der Waals surface area (Å²) in [7, 11) is 4.71. The summed E-state index contributed by atoms with van der Waals surface area (Å²) >= 11 is 0. The number of hydrogen-bond donors (Lipinski definition) is 1. The van der Waals surface area contributed by atoms with Crippen molar-refractivity contribution in [1.29, 1.82) is 0 Å². The monoisotopic (exact) mass is 289 g/mol. The van der Waals surface area contributed by atoms with Gasteiger partial charge in [0, 0.05) is 17.8 Å². The first-order valence-corrected chi connectivity index (χ1v) is 6.45. The molecule has 0 fully saturated rings. The van der Waals surface area contributed by atoms with Gasteiger partial charge < -0.3 is 24.7 Å². The van der Waals surface area contributed by atoms with Gasteiger partial charge in [-0.15, -0.1) is 0 Å². The van der Waals surface area contributed by atoms with Crippen LogP contribution in [0.3, 0.4) is 0 Å². The summed E-state index contributed by atoms with van der Waals surface area (Å²) in [5.41, 5.74) is 7.41. The van der Waals surface area contributed by atoms with E-state index >= 15 is 0 Å². The third-order valence-corrected chi connectivity index (χ3v) is 3.02. The highest BCUT2D eigenvalue weighted by molar-refractivity contribution is 5.55. The maximum absolute atomic E-state index is 5.76. The van der Waals surface area contributed by atoms with Crippen LogP contribution in [0.2, 0.25) is 0 Å². The van der Waals surface area contributed by atoms with Crippen LogP contribution < -0.4 is 24.7 Å². The Morgan fingerprint density at radius 2 is 1.43 bits per heavy atom. The van der Waals surface area contributed by atoms with Gasteiger partial charge in [-0.25, -0.2) is 0 Å². The van der Waals surface area contributed by atoms with Crippen molar-refractivity contribution < 1.29 is 18.9 Å². The van der Waals surface area contributed by atoms with Crippen LogP contribution in [-0.4, -0.2) is 21.3 Å². The molecule has 0 saturated heterocycles. The molecule has 2 N–H and O–H groups in total. The Morgan fingerprint density at radius 3 is 1.90 bits per heavy atom. The number of benzene rings is 2. The van der Waals surface area contributed by atoms with Gasteiger partial charge in [0.25, 0.3) is 0 Å². The maximum atomic E-state index is 5.76. The zero-order chi connectivity index (χ0) is 15.2. The van der Waals surface area contributed by atoms with E-state index in [4.69, 9.17) is 24.7 Å². The Kier molecular flexibility index (Phi) is 4.77. The summed E-state index contributed by atoms with van der Waals surface area (Å²) in [5.74, 6) is 2.30. The van der Waals surface area contributed by atoms with E-state index in [-0.39, 0.29) is 0 Å². The SMILES string of the molecule is COc1cc(OCc2ccc(N)cc2)cc(OC)c1OC. The van der Waals surface area contributed by atoms with Gasteiger partial charge in [-0.05, 0) is 17.7 Å². The molecule has 0 radical (unpaired) electrons. The van der Waals surface area contributed by atoms with E-state index in [0.717, 1.165) is 11.3 Å². The third kappa shape index (κ3) is 3.51. The van der Waals surface area contributed by atoms with Crippen molar-refractivity contribution in [3.8, 4) is 23.0 Å². The molecule has 0 atom stereocenters. The van der Waals surface area contributed by atoms with Crippen LogP contribution >= 0.6 is 0 Å². The van der Waals surface area contributed by atoms with Crippen molar-refractivity contribution in [3.63, 3.8) is 0 Å². The Balaban J connectivity index is 2.18. The van der Waals surface area contributed by atoms with Crippen molar-refractivity contribution >= 4 is 5.69 Å². The lowest BCUT2D eigenvalue weighted by Crippen LogP contribution is -1.99. The highest BCUT2D eigenvalue weighted by atomic mass is 16.5. The molecule has 0 aliphatic carbocycles. The second-order valence-electron chi connectivity index (χ2n) is 4.39. The lowest BCUT2D eigenvalue weighted by Gasteiger charge is -2.14. The molecule has 112 valence electrons. The van der Waals surface area contributed by atoms with Crippen molar-refractivity contribution in [2.45, 2.75) is 6.61 Å². The third-order valence-electron chi connectivity index (χ3n) is 3.02. The van der Waals surface area contributed by atoms with E-state index in [0.29, 0.717) is 29.6 Å². The van der Waals surface area contributed by atoms with Gasteiger partial charge in [-0.2, -0.15) is 0 Å². The van der Waals surface area contributed by atoms with E-state index < -0.39 is 0 Å². The number of nitrogens with two attached hydrogens (primary N) is 1. The number of nitrogen functional groups attached to an aromatic ring is 1. The second-order valence-corrected chi connectivity index (χ2v) is 4.39. The fraction of sp³-hybridized carbons (Fsp3) is 0.250. The molecule has 0 aromatic heterocycles. The van der Waals surface area contributed by atoms with Gasteiger partial charge in [0.2, 0.25) is 5.75 Å². The molecule has 0 bridgehead atoms. The van der Waals surface area contributed by atoms with Crippen molar-refractivity contribution in [2.75, 3.05) is 27.1 Å². The summed E-state index contributed by atoms with van der Waals surface area (Å²) in [4.78, 5) is 0. The maximum Gasteiger partial charge on any atom is 0.203 e. The number of methoxy groups -OCH3 is 3. The Hall–Kier alpha value is -2.56. The lowest BCUT2D eigenvalue weighted by atomic mass is 10.2. The summed E-state index contributed by atoms with van der Waals surface area (Å²) in [6.45, 7) is 0.429. The van der Waals surface area contributed by atoms with Crippen LogP contribution in [0.15, 0.2) is 36.4 Å². The van der Waals surface area contributed by atoms with Crippen molar-refractivity contribution in [1.82, 2.24) is 0 Å². The molecule has 2 rings (SSSR count). The predicted molar refractivity (Wildman–Crippen MR) is 81.3 cm³/mol. The van der Waals surface area contributed by atoms with E-state index in [1.807, 2.05) is 24.3 Å². The van der Waals surface area contributed by atoms with E-state index in [1.165, 1.54) is 0 Å². The summed E-state index contributed by atoms with van der Waals surface area (Å²) in [5, 5.41) is 0. The quantitative estimate of drug-likeness (QED) is 0.828. The summed E-state index contributed by atoms with van der Waals surface area (Å²) in [6, 6.07) is 11.1. The van der Waals surface area contributed by atoms with Crippen LogP contribution in [0.4, 0.5) is 5.69 Å². The standard InChI is InChI=1S/C16H19NO4/c1-18-14-8-13(9-15(19-2)16(14)20-3)21-10-11-4-6-12(17)7-5-11/h4-9H,10,17H2,1-3H3. The number of hydrogen-bond acceptors (Lipinski definition) is 5. The molecule has 0 heterocycles. The van der Waals surface area contributed by atoms with Gasteiger partial charge in [0.05, 0.1) is 21.3 Å². The fourth-order valence-corrected chi connectivity index (χ4v) is 1.92. The smallest absolute Gasteiger partial charge is 0.203 e. The van der Waals surface area contributed by atoms with Gasteiger partial charge in [-0.3, -0.25) is 0 Å². The summed E-state index contributed by atoms with van der Waals surface area (Å²) < 4.78 is 21.6. The molecular weight excluding hydrogens is 270 g/mol. The first kappa shape index (κ1) is 14.8. The first-order valence-electron chi connectivity index (χ1n) is 6.45. The van der Waals surface area contributed by atoms with Crippen molar-refractivity contribution in [2.24, 2.45) is 0 Å². The zero-order valence-corrected chi connectivity index (χ0v) is 12.4. The molecule has 2 aromatic carbocycles. The molecular formula is C16H19NO4. The van der Waals surface area contributed by atoms with Gasteiger partial charge in [-0.1, -0.05) is 12.1 Å². The Bertz CT molecular complexity index is 571. The minimum Gasteiger partial charge on any atom is -0.493 e. The second kappa shape index (κ2) is 6.74. The largest absolute Gasteiger partial charge is 0.493 e. The minimum atomic E-state index is 0.429. The predicted octanol–water partition coefficient (Wildman–Crippen LogP) is 2.87. The highest BCUT2D eigenvalue weighted by Crippen LogP contribution is 2.40. The fourth-order valence-electron chi connectivity index (χ4n) is 1.92. The number of rotatable bonds is 6. The van der Waals surface area contributed by atoms with Gasteiger partial charge in [0.15, 0.2) is 11.5 Å². The van der Waals surface area contributed by atoms with Crippen LogP contribution in [-0.2, 0) is 6.61 Å². The van der Waals surface area contributed by atoms with E-state index in [1.54, 1.807) is 33.5 Å². The molecule has 2 aromatic rings. The number of ether oxygens (including phenoxy) is 4. The molecule has 0 aliphatic heterocycles. The molecule has 0 unspecified atom stereocenters. The lowest BCUT2D eigenvalue weighted by molar-refractivity contribution is 0.291. The van der Waals surface area contributed by atoms with E-state index in [9.17, 15) is 0 Å². The van der Waals surface area contributed by atoms with Crippen molar-refractivity contribution in [3.05, 3.63) is 42.0 Å². The van der Waals surface area contributed by atoms with Crippen LogP contribution in [0.25, 0.3) is 0 Å². The number of anilines is 1. The van der Waals surface area contributed by atoms with Crippen LogP contribution in [0.5, 0.6) is 23.0 Å². The van der Waals surface area contributed by atoms with Gasteiger partial charge >= 0.3 is 0 Å². The van der Waals surface area contributed by atoms with E-state index in [2.05, 4.69) is 0 Å². The topological polar surface area (TPSA) is 62.9 Å². The minimum absolute atomic E-state index is 0.429. The molecule has 5 heteroatoms.